The highest BCUT2D eigenvalue weighted by Gasteiger charge is 2.09. The van der Waals surface area contributed by atoms with E-state index < -0.39 is 0 Å². The molecule has 0 amide bonds. The number of hydrogen-bond donors (Lipinski definition) is 2. The summed E-state index contributed by atoms with van der Waals surface area (Å²) >= 11 is 0. The maximum absolute atomic E-state index is 6.08. The summed E-state index contributed by atoms with van der Waals surface area (Å²) < 4.78 is 5.42. The molecule has 2 aromatic carbocycles. The zero-order chi connectivity index (χ0) is 16.4. The van der Waals surface area contributed by atoms with E-state index in [9.17, 15) is 0 Å². The number of nitrogen functional groups attached to an aromatic ring is 1. The molecule has 2 heterocycles. The molecule has 0 spiro atoms. The van der Waals surface area contributed by atoms with Crippen LogP contribution in [-0.2, 0) is 6.54 Å². The SMILES string of the molecule is Nc1cnc2ccccc2c1NCc1cc(-c2ccccc2)on1. The monoisotopic (exact) mass is 316 g/mol. The summed E-state index contributed by atoms with van der Waals surface area (Å²) in [6, 6.07) is 19.7. The first-order valence-electron chi connectivity index (χ1n) is 7.69. The van der Waals surface area contributed by atoms with E-state index in [1.54, 1.807) is 6.20 Å². The van der Waals surface area contributed by atoms with Gasteiger partial charge >= 0.3 is 0 Å². The van der Waals surface area contributed by atoms with Crippen molar-refractivity contribution in [1.82, 2.24) is 10.1 Å². The minimum Gasteiger partial charge on any atom is -0.396 e. The zero-order valence-electron chi connectivity index (χ0n) is 12.9. The van der Waals surface area contributed by atoms with Gasteiger partial charge in [0.1, 0.15) is 5.69 Å². The van der Waals surface area contributed by atoms with Gasteiger partial charge in [-0.25, -0.2) is 0 Å². The Morgan fingerprint density at radius 2 is 1.79 bits per heavy atom. The van der Waals surface area contributed by atoms with Crippen LogP contribution in [0.1, 0.15) is 5.69 Å². The highest BCUT2D eigenvalue weighted by atomic mass is 16.5. The van der Waals surface area contributed by atoms with Gasteiger partial charge in [0.2, 0.25) is 0 Å². The number of anilines is 2. The van der Waals surface area contributed by atoms with Crippen LogP contribution in [0.25, 0.3) is 22.2 Å². The second-order valence-electron chi connectivity index (χ2n) is 5.51. The summed E-state index contributed by atoms with van der Waals surface area (Å²) in [7, 11) is 0. The lowest BCUT2D eigenvalue weighted by Crippen LogP contribution is -2.04. The maximum atomic E-state index is 6.08. The molecule has 0 bridgehead atoms. The number of pyridine rings is 1. The van der Waals surface area contributed by atoms with Crippen LogP contribution < -0.4 is 11.1 Å². The molecule has 118 valence electrons. The Balaban J connectivity index is 1.58. The summed E-state index contributed by atoms with van der Waals surface area (Å²) in [5.74, 6) is 0.750. The van der Waals surface area contributed by atoms with E-state index in [0.717, 1.165) is 33.6 Å². The third-order valence-electron chi connectivity index (χ3n) is 3.87. The Labute approximate surface area is 139 Å². The number of nitrogens with zero attached hydrogens (tertiary/aromatic N) is 2. The van der Waals surface area contributed by atoms with E-state index in [0.29, 0.717) is 12.2 Å². The van der Waals surface area contributed by atoms with E-state index in [4.69, 9.17) is 10.3 Å². The molecular weight excluding hydrogens is 300 g/mol. The van der Waals surface area contributed by atoms with Gasteiger partial charge < -0.3 is 15.6 Å². The number of nitrogens with one attached hydrogen (secondary N) is 1. The Hall–Kier alpha value is -3.34. The standard InChI is InChI=1S/C19H16N4O/c20-16-12-21-17-9-5-4-8-15(17)19(16)22-11-14-10-18(24-23-14)13-6-2-1-3-7-13/h1-10,12H,11,20H2,(H,21,22). The van der Waals surface area contributed by atoms with Crippen molar-refractivity contribution in [1.29, 1.82) is 0 Å². The minimum absolute atomic E-state index is 0.522. The third-order valence-corrected chi connectivity index (χ3v) is 3.87. The number of rotatable bonds is 4. The first-order chi connectivity index (χ1) is 11.8. The molecule has 0 aliphatic carbocycles. The molecule has 4 rings (SSSR count). The van der Waals surface area contributed by atoms with Crippen molar-refractivity contribution in [3.05, 3.63) is 72.6 Å². The van der Waals surface area contributed by atoms with Crippen LogP contribution in [-0.4, -0.2) is 10.1 Å². The van der Waals surface area contributed by atoms with Crippen LogP contribution in [0, 0.1) is 0 Å². The van der Waals surface area contributed by atoms with Gasteiger partial charge in [-0.2, -0.15) is 0 Å². The van der Waals surface area contributed by atoms with Crippen LogP contribution >= 0.6 is 0 Å². The third kappa shape index (κ3) is 2.67. The highest BCUT2D eigenvalue weighted by Crippen LogP contribution is 2.28. The van der Waals surface area contributed by atoms with Crippen molar-refractivity contribution < 1.29 is 4.52 Å². The van der Waals surface area contributed by atoms with Gasteiger partial charge in [0.15, 0.2) is 5.76 Å². The first-order valence-corrected chi connectivity index (χ1v) is 7.69. The van der Waals surface area contributed by atoms with Crippen LogP contribution in [0.4, 0.5) is 11.4 Å². The number of fused-ring (bicyclic) bond motifs is 1. The highest BCUT2D eigenvalue weighted by molar-refractivity contribution is 5.96. The normalized spacial score (nSPS) is 10.8. The second kappa shape index (κ2) is 6.04. The van der Waals surface area contributed by atoms with Crippen LogP contribution in [0.3, 0.4) is 0 Å². The average molecular weight is 316 g/mol. The second-order valence-corrected chi connectivity index (χ2v) is 5.51. The van der Waals surface area contributed by atoms with Crippen molar-refractivity contribution in [2.24, 2.45) is 0 Å². The van der Waals surface area contributed by atoms with E-state index in [1.165, 1.54) is 0 Å². The molecule has 3 N–H and O–H groups in total. The fourth-order valence-electron chi connectivity index (χ4n) is 2.67. The molecule has 2 aromatic heterocycles. The first kappa shape index (κ1) is 14.3. The molecule has 5 heteroatoms. The van der Waals surface area contributed by atoms with Gasteiger partial charge in [-0.15, -0.1) is 0 Å². The number of hydrogen-bond acceptors (Lipinski definition) is 5. The fourth-order valence-corrected chi connectivity index (χ4v) is 2.67. The molecule has 0 aliphatic heterocycles. The van der Waals surface area contributed by atoms with Crippen molar-refractivity contribution in [2.75, 3.05) is 11.1 Å². The summed E-state index contributed by atoms with van der Waals surface area (Å²) in [5.41, 5.74) is 10.3. The Kier molecular flexibility index (Phi) is 3.59. The molecule has 0 atom stereocenters. The van der Waals surface area contributed by atoms with E-state index >= 15 is 0 Å². The van der Waals surface area contributed by atoms with Gasteiger partial charge in [-0.05, 0) is 6.07 Å². The van der Waals surface area contributed by atoms with Crippen molar-refractivity contribution in [3.63, 3.8) is 0 Å². The average Bonchev–Trinajstić information content (AvgIpc) is 3.11. The number of benzene rings is 2. The molecule has 24 heavy (non-hydrogen) atoms. The van der Waals surface area contributed by atoms with E-state index in [2.05, 4.69) is 15.5 Å². The molecule has 0 unspecified atom stereocenters. The van der Waals surface area contributed by atoms with E-state index in [-0.39, 0.29) is 0 Å². The molecule has 0 fully saturated rings. The quantitative estimate of drug-likeness (QED) is 0.593. The van der Waals surface area contributed by atoms with Crippen LogP contribution in [0.5, 0.6) is 0 Å². The minimum atomic E-state index is 0.522. The van der Waals surface area contributed by atoms with Gasteiger partial charge in [0.05, 0.1) is 29.6 Å². The maximum Gasteiger partial charge on any atom is 0.167 e. The fraction of sp³-hybridized carbons (Fsp3) is 0.0526. The molecule has 5 nitrogen and oxygen atoms in total. The largest absolute Gasteiger partial charge is 0.396 e. The summed E-state index contributed by atoms with van der Waals surface area (Å²) in [5, 5.41) is 8.46. The molecular formula is C19H16N4O. The van der Waals surface area contributed by atoms with Gasteiger partial charge in [0, 0.05) is 17.0 Å². The Morgan fingerprint density at radius 3 is 2.67 bits per heavy atom. The lowest BCUT2D eigenvalue weighted by atomic mass is 10.1. The number of nitrogens with two attached hydrogens (primary N) is 1. The lowest BCUT2D eigenvalue weighted by molar-refractivity contribution is 0.424. The summed E-state index contributed by atoms with van der Waals surface area (Å²) in [4.78, 5) is 4.34. The molecule has 0 saturated carbocycles. The smallest absolute Gasteiger partial charge is 0.167 e. The lowest BCUT2D eigenvalue weighted by Gasteiger charge is -2.10. The number of aromatic nitrogens is 2. The summed E-state index contributed by atoms with van der Waals surface area (Å²) in [6.07, 6.45) is 1.67. The van der Waals surface area contributed by atoms with Crippen LogP contribution in [0.15, 0.2) is 71.4 Å². The number of para-hydroxylation sites is 1. The van der Waals surface area contributed by atoms with Crippen molar-refractivity contribution in [3.8, 4) is 11.3 Å². The molecule has 0 aliphatic rings. The predicted octanol–water partition coefficient (Wildman–Crippen LogP) is 4.08. The molecule has 4 aromatic rings. The summed E-state index contributed by atoms with van der Waals surface area (Å²) in [6.45, 7) is 0.522. The molecule has 0 saturated heterocycles. The van der Waals surface area contributed by atoms with Gasteiger partial charge in [-0.1, -0.05) is 53.7 Å². The Morgan fingerprint density at radius 1 is 1.00 bits per heavy atom. The van der Waals surface area contributed by atoms with Gasteiger partial charge in [-0.3, -0.25) is 4.98 Å². The van der Waals surface area contributed by atoms with Crippen LogP contribution in [0.2, 0.25) is 0 Å². The van der Waals surface area contributed by atoms with Gasteiger partial charge in [0.25, 0.3) is 0 Å². The van der Waals surface area contributed by atoms with Crippen molar-refractivity contribution in [2.45, 2.75) is 6.54 Å². The predicted molar refractivity (Wildman–Crippen MR) is 95.4 cm³/mol. The van der Waals surface area contributed by atoms with E-state index in [1.807, 2.05) is 60.7 Å². The topological polar surface area (TPSA) is 77.0 Å². The zero-order valence-corrected chi connectivity index (χ0v) is 12.9. The molecule has 0 radical (unpaired) electrons. The Bertz CT molecular complexity index is 979. The van der Waals surface area contributed by atoms with Crippen molar-refractivity contribution >= 4 is 22.3 Å².